The minimum absolute atomic E-state index is 0.0950. The summed E-state index contributed by atoms with van der Waals surface area (Å²) in [6.07, 6.45) is 0. The fraction of sp³-hybridized carbons (Fsp3) is 0.107. The van der Waals surface area contributed by atoms with Crippen LogP contribution >= 0.6 is 0 Å². The summed E-state index contributed by atoms with van der Waals surface area (Å²) in [6, 6.07) is 59.7. The summed E-state index contributed by atoms with van der Waals surface area (Å²) in [6.45, 7) is 8.89. The average Bonchev–Trinajstić information content (AvgIpc) is 3.78. The fourth-order valence-corrected chi connectivity index (χ4v) is 10.6. The maximum Gasteiger partial charge on any atom is 0.193 e. The van der Waals surface area contributed by atoms with Crippen molar-refractivity contribution >= 4 is 55.2 Å². The lowest BCUT2D eigenvalue weighted by molar-refractivity contribution is 0.102. The zero-order valence-corrected chi connectivity index (χ0v) is 33.9. The second-order valence-corrected chi connectivity index (χ2v) is 17.6. The van der Waals surface area contributed by atoms with Gasteiger partial charge in [0.05, 0.1) is 22.1 Å². The van der Waals surface area contributed by atoms with E-state index >= 15 is 0 Å². The zero-order valence-electron chi connectivity index (χ0n) is 33.9. The molecule has 0 aliphatic heterocycles. The van der Waals surface area contributed by atoms with Crippen molar-refractivity contribution in [3.05, 3.63) is 214 Å². The molecule has 8 aromatic carbocycles. The van der Waals surface area contributed by atoms with Gasteiger partial charge in [-0.2, -0.15) is 0 Å². The van der Waals surface area contributed by atoms with Gasteiger partial charge in [0.15, 0.2) is 11.6 Å². The van der Waals surface area contributed by atoms with Gasteiger partial charge in [-0.15, -0.1) is 0 Å². The fourth-order valence-electron chi connectivity index (χ4n) is 10.6. The maximum absolute atomic E-state index is 13.7. The van der Waals surface area contributed by atoms with Crippen molar-refractivity contribution in [3.63, 3.8) is 0 Å². The van der Waals surface area contributed by atoms with Crippen LogP contribution < -0.4 is 0 Å². The largest absolute Gasteiger partial charge is 0.289 e. The lowest BCUT2D eigenvalue weighted by atomic mass is 9.68. The standard InChI is InChI=1S/C56H40N2O2/c1-55(2)45-17-9-5-15-39(45)53(59)41-25-21-35(31-47(41)55)33-23-27-51-43(29-33)37-13-7-11-19-49(37)57(51)58-50-20-12-8-14-38(50)44-30-34(24-28-52(44)58)36-22-26-42-48(32-36)56(3,4)46-18-10-6-16-40(46)54(42)60/h5-32H,1-4H3. The summed E-state index contributed by atoms with van der Waals surface area (Å²) >= 11 is 0. The Kier molecular flexibility index (Phi) is 7.01. The van der Waals surface area contributed by atoms with E-state index in [0.717, 1.165) is 99.6 Å². The number of hydrogen-bond acceptors (Lipinski definition) is 2. The van der Waals surface area contributed by atoms with E-state index in [1.54, 1.807) is 0 Å². The van der Waals surface area contributed by atoms with Crippen molar-refractivity contribution in [2.24, 2.45) is 0 Å². The highest BCUT2D eigenvalue weighted by Gasteiger charge is 2.38. The van der Waals surface area contributed by atoms with E-state index in [-0.39, 0.29) is 22.4 Å². The first-order valence-electron chi connectivity index (χ1n) is 20.8. The summed E-state index contributed by atoms with van der Waals surface area (Å²) in [5.74, 6) is 0.190. The van der Waals surface area contributed by atoms with Crippen LogP contribution in [0.4, 0.5) is 0 Å². The number of ketones is 2. The summed E-state index contributed by atoms with van der Waals surface area (Å²) in [5, 5.41) is 4.67. The molecule has 2 aliphatic carbocycles. The summed E-state index contributed by atoms with van der Waals surface area (Å²) < 4.78 is 4.74. The van der Waals surface area contributed by atoms with Crippen LogP contribution in [0, 0.1) is 0 Å². The Balaban J connectivity index is 1.01. The van der Waals surface area contributed by atoms with Crippen LogP contribution in [-0.4, -0.2) is 20.9 Å². The first-order valence-corrected chi connectivity index (χ1v) is 20.8. The van der Waals surface area contributed by atoms with Gasteiger partial charge in [0.1, 0.15) is 0 Å². The Bertz CT molecular complexity index is 3300. The highest BCUT2D eigenvalue weighted by atomic mass is 16.1. The lowest BCUT2D eigenvalue weighted by Crippen LogP contribution is -2.30. The van der Waals surface area contributed by atoms with E-state index < -0.39 is 0 Å². The molecule has 0 atom stereocenters. The number of nitrogens with zero attached hydrogens (tertiary/aromatic N) is 2. The van der Waals surface area contributed by atoms with Crippen LogP contribution in [0.3, 0.4) is 0 Å². The van der Waals surface area contributed by atoms with Crippen molar-refractivity contribution in [3.8, 4) is 22.3 Å². The Labute approximate surface area is 347 Å². The van der Waals surface area contributed by atoms with Crippen LogP contribution in [0.2, 0.25) is 0 Å². The molecular formula is C56H40N2O2. The molecule has 4 nitrogen and oxygen atoms in total. The van der Waals surface area contributed by atoms with E-state index in [1.807, 2.05) is 48.5 Å². The molecule has 2 heterocycles. The number of rotatable bonds is 3. The smallest absolute Gasteiger partial charge is 0.193 e. The van der Waals surface area contributed by atoms with Crippen LogP contribution in [0.15, 0.2) is 170 Å². The molecule has 4 heteroatoms. The normalized spacial score (nSPS) is 15.0. The Morgan fingerprint density at radius 2 is 0.650 bits per heavy atom. The summed E-state index contributed by atoms with van der Waals surface area (Å²) in [4.78, 5) is 27.3. The molecule has 12 rings (SSSR count). The molecule has 0 N–H and O–H groups in total. The van der Waals surface area contributed by atoms with Gasteiger partial charge in [-0.25, -0.2) is 9.35 Å². The highest BCUT2D eigenvalue weighted by Crippen LogP contribution is 2.45. The van der Waals surface area contributed by atoms with E-state index in [0.29, 0.717) is 0 Å². The number of carbonyl (C=O) groups is 2. The Morgan fingerprint density at radius 3 is 1.10 bits per heavy atom. The third-order valence-corrected chi connectivity index (χ3v) is 13.7. The third kappa shape index (κ3) is 4.62. The Hall–Kier alpha value is -7.30. The number of benzene rings is 8. The highest BCUT2D eigenvalue weighted by molar-refractivity contribution is 6.16. The number of aromatic nitrogens is 2. The van der Waals surface area contributed by atoms with Gasteiger partial charge in [-0.05, 0) is 93.0 Å². The molecule has 286 valence electrons. The van der Waals surface area contributed by atoms with Crippen LogP contribution in [-0.2, 0) is 10.8 Å². The van der Waals surface area contributed by atoms with Crippen molar-refractivity contribution in [2.45, 2.75) is 38.5 Å². The zero-order chi connectivity index (χ0) is 40.7. The second-order valence-electron chi connectivity index (χ2n) is 17.6. The van der Waals surface area contributed by atoms with Gasteiger partial charge in [-0.1, -0.05) is 149 Å². The maximum atomic E-state index is 13.7. The second kappa shape index (κ2) is 12.1. The van der Waals surface area contributed by atoms with E-state index in [2.05, 4.69) is 158 Å². The molecule has 0 fully saturated rings. The van der Waals surface area contributed by atoms with Gasteiger partial charge in [0.25, 0.3) is 0 Å². The molecule has 2 aromatic heterocycles. The number of carbonyl (C=O) groups excluding carboxylic acids is 2. The van der Waals surface area contributed by atoms with E-state index in [1.165, 1.54) is 10.8 Å². The molecule has 0 unspecified atom stereocenters. The molecule has 0 saturated heterocycles. The Morgan fingerprint density at radius 1 is 0.317 bits per heavy atom. The predicted molar refractivity (Wildman–Crippen MR) is 245 cm³/mol. The van der Waals surface area contributed by atoms with Gasteiger partial charge in [-0.3, -0.25) is 9.59 Å². The first-order chi connectivity index (χ1) is 29.1. The van der Waals surface area contributed by atoms with Crippen molar-refractivity contribution < 1.29 is 9.59 Å². The van der Waals surface area contributed by atoms with Crippen LogP contribution in [0.1, 0.15) is 81.8 Å². The van der Waals surface area contributed by atoms with Gasteiger partial charge in [0, 0.05) is 54.6 Å². The van der Waals surface area contributed by atoms with Gasteiger partial charge < -0.3 is 0 Å². The van der Waals surface area contributed by atoms with Gasteiger partial charge >= 0.3 is 0 Å². The molecule has 0 radical (unpaired) electrons. The number of fused-ring (bicyclic) bond motifs is 10. The van der Waals surface area contributed by atoms with Gasteiger partial charge in [0.2, 0.25) is 0 Å². The molecule has 0 spiro atoms. The lowest BCUT2D eigenvalue weighted by Gasteiger charge is -2.34. The molecule has 2 aliphatic rings. The molecule has 0 saturated carbocycles. The quantitative estimate of drug-likeness (QED) is 0.179. The van der Waals surface area contributed by atoms with Crippen LogP contribution in [0.5, 0.6) is 0 Å². The average molecular weight is 773 g/mol. The topological polar surface area (TPSA) is 44.0 Å². The summed E-state index contributed by atoms with van der Waals surface area (Å²) in [7, 11) is 0. The predicted octanol–water partition coefficient (Wildman–Crippen LogP) is 13.3. The van der Waals surface area contributed by atoms with Crippen molar-refractivity contribution in [2.75, 3.05) is 0 Å². The van der Waals surface area contributed by atoms with E-state index in [9.17, 15) is 9.59 Å². The first kappa shape index (κ1) is 34.7. The number of hydrogen-bond donors (Lipinski definition) is 0. The number of para-hydroxylation sites is 2. The molecular weight excluding hydrogens is 733 g/mol. The minimum Gasteiger partial charge on any atom is -0.289 e. The molecule has 0 bridgehead atoms. The SMILES string of the molecule is CC1(C)c2ccccc2C(=O)c2ccc(-c3ccc4c(c3)c3ccccc3n4-n3c4ccccc4c4cc(-c5ccc6c(c5)C(C)(C)c5ccccc5C6=O)ccc43)cc21. The van der Waals surface area contributed by atoms with Crippen molar-refractivity contribution in [1.82, 2.24) is 9.35 Å². The molecule has 60 heavy (non-hydrogen) atoms. The summed E-state index contributed by atoms with van der Waals surface area (Å²) in [5.41, 5.74) is 15.7. The third-order valence-electron chi connectivity index (χ3n) is 13.7. The molecule has 10 aromatic rings. The monoisotopic (exact) mass is 772 g/mol. The molecule has 0 amide bonds. The van der Waals surface area contributed by atoms with Crippen molar-refractivity contribution in [1.29, 1.82) is 0 Å². The van der Waals surface area contributed by atoms with Crippen LogP contribution in [0.25, 0.3) is 65.9 Å². The van der Waals surface area contributed by atoms with E-state index in [4.69, 9.17) is 0 Å². The minimum atomic E-state index is -0.311.